The Balaban J connectivity index is 0.000000409. The third-order valence-corrected chi connectivity index (χ3v) is 14.3. The van der Waals surface area contributed by atoms with Crippen molar-refractivity contribution in [3.8, 4) is 51.0 Å². The van der Waals surface area contributed by atoms with Crippen LogP contribution in [0, 0.1) is 34.9 Å². The normalized spacial score (nSPS) is 10.1. The van der Waals surface area contributed by atoms with Crippen molar-refractivity contribution in [1.82, 2.24) is 28.8 Å². The van der Waals surface area contributed by atoms with Gasteiger partial charge in [0.15, 0.2) is 52.2 Å². The predicted molar refractivity (Wildman–Crippen MR) is 311 cm³/mol. The fourth-order valence-electron chi connectivity index (χ4n) is 7.39. The zero-order valence-corrected chi connectivity index (χ0v) is 64.2. The van der Waals surface area contributed by atoms with E-state index in [4.69, 9.17) is 34.3 Å². The van der Waals surface area contributed by atoms with Crippen molar-refractivity contribution in [1.29, 1.82) is 0 Å². The summed E-state index contributed by atoms with van der Waals surface area (Å²) < 4.78 is 115. The summed E-state index contributed by atoms with van der Waals surface area (Å²) in [7, 11) is 0. The fourth-order valence-corrected chi connectivity index (χ4v) is 9.63. The molecule has 0 saturated carbocycles. The van der Waals surface area contributed by atoms with Crippen LogP contribution in [0.4, 0.5) is 26.3 Å². The van der Waals surface area contributed by atoms with E-state index in [-0.39, 0.29) is 210 Å². The maximum Gasteiger partial charge on any atom is 1.00 e. The molecule has 0 atom stereocenters. The molecule has 6 aromatic carbocycles. The molecular weight excluding hydrogens is 1520 g/mol. The molecule has 0 radical (unpaired) electrons. The summed E-state index contributed by atoms with van der Waals surface area (Å²) in [6, 6.07) is 35.3. The number of aromatic nitrogens is 6. The number of aromatic hydroxyl groups is 1. The minimum absolute atomic E-state index is 0. The van der Waals surface area contributed by atoms with E-state index in [1.54, 1.807) is 13.8 Å². The first-order valence-electron chi connectivity index (χ1n) is 25.6. The summed E-state index contributed by atoms with van der Waals surface area (Å²) in [5.74, 6) is -9.27. The molecule has 9 rings (SSSR count). The van der Waals surface area contributed by atoms with Gasteiger partial charge in [0.1, 0.15) is 30.3 Å². The number of carboxylic acid groups (broad SMARTS) is 2. The van der Waals surface area contributed by atoms with Gasteiger partial charge in [-0.15, -0.1) is 15.3 Å². The fraction of sp³-hybridized carbons (Fsp3) is 0.220. The number of rotatable bonds is 21. The number of aliphatic carboxylic acids is 1. The Labute approximate surface area is 641 Å². The van der Waals surface area contributed by atoms with E-state index in [9.17, 15) is 40.7 Å². The van der Waals surface area contributed by atoms with E-state index in [1.807, 2.05) is 91.0 Å². The van der Waals surface area contributed by atoms with Crippen molar-refractivity contribution in [3.63, 3.8) is 0 Å². The second kappa shape index (κ2) is 42.5. The number of phenols is 1. The number of esters is 2. The number of carboxylic acids is 1. The van der Waals surface area contributed by atoms with Crippen LogP contribution in [0.15, 0.2) is 127 Å². The zero-order valence-electron chi connectivity index (χ0n) is 48.6. The van der Waals surface area contributed by atoms with Crippen LogP contribution in [0.1, 0.15) is 65.9 Å². The smallest absolute Gasteiger partial charge is 1.00 e. The van der Waals surface area contributed by atoms with Gasteiger partial charge in [-0.05, 0) is 121 Å². The Morgan fingerprint density at radius 1 is 0.534 bits per heavy atom. The number of hydrogen-bond acceptors (Lipinski definition) is 19. The molecule has 0 fully saturated rings. The molecule has 0 saturated heterocycles. The number of aryl methyl sites for hydroxylation is 3. The molecule has 0 aliphatic heterocycles. The Bertz CT molecular complexity index is 3550. The van der Waals surface area contributed by atoms with Crippen molar-refractivity contribution in [2.45, 2.75) is 70.9 Å². The van der Waals surface area contributed by atoms with Gasteiger partial charge < -0.3 is 40.5 Å². The number of nitrogens with zero attached hydrogens (tertiary/aromatic N) is 6. The molecule has 9 aromatic rings. The first kappa shape index (κ1) is 77.7. The molecule has 0 aliphatic carbocycles. The van der Waals surface area contributed by atoms with Gasteiger partial charge >= 0.3 is 156 Å². The predicted octanol–water partition coefficient (Wildman–Crippen LogP) is 6.39. The SMILES string of the molecule is BrCc1snnc1-c1ccccc1.CCOC(=O)CCc1cc(F)c(O)c(F)c1.CCOC(=O)CCc1cc(F)c(OCc2snnc2-c2ccccc2)c(F)c1.O=C(O)CCc1cc(F)c(OCc2snnc2-c2ccccc2)c(F)c1.O=C[O-].[Cs+].[Cs+].[H-]. The van der Waals surface area contributed by atoms with Gasteiger partial charge in [0.2, 0.25) is 0 Å². The maximum atomic E-state index is 14.3. The number of alkyl halides is 1. The van der Waals surface area contributed by atoms with Crippen LogP contribution in [0.25, 0.3) is 33.8 Å². The van der Waals surface area contributed by atoms with Gasteiger partial charge in [-0.2, -0.15) is 0 Å². The monoisotopic (exact) mass is 1580 g/mol. The van der Waals surface area contributed by atoms with Crippen LogP contribution in [0.5, 0.6) is 17.2 Å². The first-order chi connectivity index (χ1) is 41.5. The molecule has 2 N–H and O–H groups in total. The summed E-state index contributed by atoms with van der Waals surface area (Å²) in [6.07, 6.45) is 0.306. The van der Waals surface area contributed by atoms with Crippen LogP contribution in [0.3, 0.4) is 0 Å². The minimum atomic E-state index is -1.03. The molecule has 3 aromatic heterocycles. The standard InChI is InChI=1S/C20H18F2N2O3S.C18H14F2N2O3S.C11H12F2O3.C9H7BrN2S.CH2O2.2Cs.H/c1-2-26-18(25)9-8-13-10-15(21)20(16(22)11-13)27-12-17-19(23-24-28-17)14-6-4-3-5-7-14;19-13-8-11(6-7-16(23)24)9-14(20)18(13)25-10-15-17(21-22-26-15)12-4-2-1-3-5-12;1-2-16-10(14)4-3-7-5-8(12)11(15)9(13)6-7;10-6-8-9(11-12-13-8)7-4-2-1-3-5-7;2-1-3;;;/h3-7,10-11H,2,8-9,12H2,1H3;1-5,8-9H,6-7,10H2,(H,23,24);5-6,15H,2-4H2,1H3;1-5H,6H2;1H,(H,2,3);;;/q;;;;;2*+1;-1/p-1. The van der Waals surface area contributed by atoms with E-state index in [0.29, 0.717) is 32.3 Å². The van der Waals surface area contributed by atoms with Crippen molar-refractivity contribution in [2.75, 3.05) is 13.2 Å². The largest absolute Gasteiger partial charge is 1.00 e. The van der Waals surface area contributed by atoms with E-state index in [1.165, 1.54) is 28.5 Å². The van der Waals surface area contributed by atoms with Crippen LogP contribution in [-0.4, -0.2) is 76.6 Å². The van der Waals surface area contributed by atoms with E-state index in [2.05, 4.69) is 49.4 Å². The Morgan fingerprint density at radius 2 is 0.830 bits per heavy atom. The molecule has 29 heteroatoms. The number of carbonyl (C=O) groups excluding carboxylic acids is 3. The molecule has 454 valence electrons. The third kappa shape index (κ3) is 26.0. The van der Waals surface area contributed by atoms with Crippen molar-refractivity contribution in [2.24, 2.45) is 0 Å². The van der Waals surface area contributed by atoms with Crippen molar-refractivity contribution in [3.05, 3.63) is 194 Å². The average molecular weight is 1580 g/mol. The Morgan fingerprint density at radius 3 is 1.14 bits per heavy atom. The van der Waals surface area contributed by atoms with Crippen molar-refractivity contribution < 1.29 is 219 Å². The quantitative estimate of drug-likeness (QED) is 0.0342. The molecule has 3 heterocycles. The molecule has 0 unspecified atom stereocenters. The number of benzene rings is 6. The van der Waals surface area contributed by atoms with E-state index in [0.717, 1.165) is 75.0 Å². The summed E-state index contributed by atoms with van der Waals surface area (Å²) in [5.41, 5.74) is 5.97. The summed E-state index contributed by atoms with van der Waals surface area (Å²) in [6.45, 7) is 3.29. The van der Waals surface area contributed by atoms with Crippen LogP contribution >= 0.6 is 50.5 Å². The average Bonchev–Trinajstić information content (AvgIpc) is 4.36. The second-order valence-electron chi connectivity index (χ2n) is 17.2. The molecule has 88 heavy (non-hydrogen) atoms. The van der Waals surface area contributed by atoms with E-state index >= 15 is 0 Å². The number of phenolic OH excluding ortho intramolecular Hbond substituents is 1. The molecule has 0 bridgehead atoms. The Kier molecular flexibility index (Phi) is 37.5. The topological polar surface area (TPSA) is 246 Å². The molecule has 0 aliphatic rings. The third-order valence-electron chi connectivity index (χ3n) is 11.3. The van der Waals surface area contributed by atoms with Crippen LogP contribution in [-0.2, 0) is 66.5 Å². The second-order valence-corrected chi connectivity index (χ2v) is 20.3. The summed E-state index contributed by atoms with van der Waals surface area (Å²) in [5, 5.41) is 38.8. The maximum absolute atomic E-state index is 14.3. The molecule has 17 nitrogen and oxygen atoms in total. The van der Waals surface area contributed by atoms with E-state index < -0.39 is 76.5 Å². The van der Waals surface area contributed by atoms with Gasteiger partial charge in [0.25, 0.3) is 0 Å². The van der Waals surface area contributed by atoms with Crippen molar-refractivity contribution >= 4 is 74.9 Å². The van der Waals surface area contributed by atoms with Gasteiger partial charge in [0, 0.05) is 47.8 Å². The zero-order chi connectivity index (χ0) is 62.4. The minimum Gasteiger partial charge on any atom is -1.00 e. The first-order valence-corrected chi connectivity index (χ1v) is 29.1. The van der Waals surface area contributed by atoms with Crippen LogP contribution in [0.2, 0.25) is 0 Å². The number of hydrogen-bond donors (Lipinski definition) is 2. The van der Waals surface area contributed by atoms with Gasteiger partial charge in [-0.25, -0.2) is 26.3 Å². The van der Waals surface area contributed by atoms with Gasteiger partial charge in [-0.1, -0.05) is 120 Å². The number of carbonyl (C=O) groups is 4. The summed E-state index contributed by atoms with van der Waals surface area (Å²) >= 11 is 7.06. The van der Waals surface area contributed by atoms with Crippen LogP contribution < -0.4 is 152 Å². The van der Waals surface area contributed by atoms with Gasteiger partial charge in [-0.3, -0.25) is 14.4 Å². The number of ether oxygens (including phenoxy) is 4. The molecule has 0 amide bonds. The molecule has 0 spiro atoms. The Hall–Kier alpha value is -4.56. The summed E-state index contributed by atoms with van der Waals surface area (Å²) in [4.78, 5) is 43.7. The number of halogens is 7. The molecular formula is C59H53BrCs2F6N6O11S3. The van der Waals surface area contributed by atoms with Gasteiger partial charge in [0.05, 0.1) is 27.8 Å².